The van der Waals surface area contributed by atoms with Crippen molar-refractivity contribution >= 4 is 45.9 Å². The Hall–Kier alpha value is -2.45. The number of carbonyl (C=O) groups excluding carboxylic acids is 3. The second-order valence-corrected chi connectivity index (χ2v) is 6.37. The van der Waals surface area contributed by atoms with Crippen molar-refractivity contribution in [3.05, 3.63) is 45.9 Å². The van der Waals surface area contributed by atoms with Crippen LogP contribution in [0, 0.1) is 0 Å². The van der Waals surface area contributed by atoms with E-state index in [-0.39, 0.29) is 18.8 Å². The Labute approximate surface area is 159 Å². The van der Waals surface area contributed by atoms with Gasteiger partial charge in [-0.3, -0.25) is 19.7 Å². The molecule has 9 heteroatoms. The van der Waals surface area contributed by atoms with Crippen LogP contribution in [0.25, 0.3) is 0 Å². The van der Waals surface area contributed by atoms with Gasteiger partial charge in [0.05, 0.1) is 25.1 Å². The average molecular weight is 397 g/mol. The first-order valence-corrected chi connectivity index (χ1v) is 9.02. The zero-order chi connectivity index (χ0) is 18.9. The van der Waals surface area contributed by atoms with Crippen LogP contribution in [0.3, 0.4) is 0 Å². The van der Waals surface area contributed by atoms with Gasteiger partial charge in [0.1, 0.15) is 0 Å². The summed E-state index contributed by atoms with van der Waals surface area (Å²) in [5.74, 6) is -1.46. The van der Waals surface area contributed by atoms with E-state index in [4.69, 9.17) is 21.1 Å². The van der Waals surface area contributed by atoms with Crippen molar-refractivity contribution in [3.8, 4) is 0 Å². The van der Waals surface area contributed by atoms with E-state index in [0.717, 1.165) is 0 Å². The third-order valence-electron chi connectivity index (χ3n) is 3.09. The highest BCUT2D eigenvalue weighted by Crippen LogP contribution is 2.17. The van der Waals surface area contributed by atoms with Gasteiger partial charge in [-0.2, -0.15) is 0 Å². The van der Waals surface area contributed by atoms with E-state index in [1.165, 1.54) is 11.3 Å². The molecule has 0 aliphatic carbocycles. The van der Waals surface area contributed by atoms with Crippen LogP contribution >= 0.6 is 22.9 Å². The molecular formula is C17H17ClN2O5S. The number of thiazole rings is 1. The molecule has 7 nitrogen and oxygen atoms in total. The average Bonchev–Trinajstić information content (AvgIpc) is 3.02. The molecule has 1 aromatic carbocycles. The molecule has 0 aliphatic heterocycles. The molecule has 0 radical (unpaired) electrons. The third kappa shape index (κ3) is 6.45. The maximum absolute atomic E-state index is 11.8. The molecule has 1 N–H and O–H groups in total. The molecular weight excluding hydrogens is 380 g/mol. The quantitative estimate of drug-likeness (QED) is 0.689. The van der Waals surface area contributed by atoms with Gasteiger partial charge in [0.25, 0.3) is 5.91 Å². The van der Waals surface area contributed by atoms with E-state index in [2.05, 4.69) is 10.3 Å². The number of benzene rings is 1. The minimum atomic E-state index is -0.560. The predicted molar refractivity (Wildman–Crippen MR) is 97.2 cm³/mol. The Balaban J connectivity index is 1.76. The van der Waals surface area contributed by atoms with Gasteiger partial charge in [0, 0.05) is 10.4 Å². The number of rotatable bonds is 8. The summed E-state index contributed by atoms with van der Waals surface area (Å²) in [6.45, 7) is 1.58. The topological polar surface area (TPSA) is 94.6 Å². The van der Waals surface area contributed by atoms with E-state index < -0.39 is 18.5 Å². The Kier molecular flexibility index (Phi) is 7.55. The number of nitrogens with zero attached hydrogens (tertiary/aromatic N) is 1. The molecule has 2 rings (SSSR count). The lowest BCUT2D eigenvalue weighted by molar-refractivity contribution is -0.146. The minimum absolute atomic E-state index is 0.0199. The molecule has 0 saturated carbocycles. The van der Waals surface area contributed by atoms with Crippen LogP contribution in [0.5, 0.6) is 0 Å². The number of nitrogens with one attached hydrogen (secondary N) is 1. The molecule has 0 atom stereocenters. The second kappa shape index (κ2) is 9.88. The first kappa shape index (κ1) is 19.9. The zero-order valence-electron chi connectivity index (χ0n) is 14.0. The van der Waals surface area contributed by atoms with Gasteiger partial charge >= 0.3 is 11.9 Å². The van der Waals surface area contributed by atoms with Crippen LogP contribution in [0.4, 0.5) is 5.13 Å². The number of esters is 2. The summed E-state index contributed by atoms with van der Waals surface area (Å²) in [5.41, 5.74) is 1.13. The Morgan fingerprint density at radius 1 is 1.15 bits per heavy atom. The maximum Gasteiger partial charge on any atom is 0.311 e. The second-order valence-electron chi connectivity index (χ2n) is 5.10. The third-order valence-corrected chi connectivity index (χ3v) is 4.26. The van der Waals surface area contributed by atoms with Crippen LogP contribution in [-0.2, 0) is 36.7 Å². The molecule has 0 unspecified atom stereocenters. The Morgan fingerprint density at radius 3 is 2.62 bits per heavy atom. The van der Waals surface area contributed by atoms with Crippen molar-refractivity contribution in [2.24, 2.45) is 0 Å². The summed E-state index contributed by atoms with van der Waals surface area (Å²) >= 11 is 7.14. The molecule has 2 aromatic rings. The molecule has 0 aliphatic rings. The normalized spacial score (nSPS) is 10.2. The van der Waals surface area contributed by atoms with Gasteiger partial charge in [-0.25, -0.2) is 4.98 Å². The molecule has 138 valence electrons. The highest BCUT2D eigenvalue weighted by Gasteiger charge is 2.13. The fraction of sp³-hybridized carbons (Fsp3) is 0.294. The number of hydrogen-bond acceptors (Lipinski definition) is 7. The van der Waals surface area contributed by atoms with Crippen molar-refractivity contribution < 1.29 is 23.9 Å². The number of carbonyl (C=O) groups is 3. The number of ether oxygens (including phenoxy) is 2. The van der Waals surface area contributed by atoms with Gasteiger partial charge in [0.2, 0.25) is 0 Å². The van der Waals surface area contributed by atoms with Crippen molar-refractivity contribution in [3.63, 3.8) is 0 Å². The molecule has 26 heavy (non-hydrogen) atoms. The van der Waals surface area contributed by atoms with Gasteiger partial charge in [-0.05, 0) is 18.6 Å². The summed E-state index contributed by atoms with van der Waals surface area (Å²) in [6, 6.07) is 6.91. The van der Waals surface area contributed by atoms with E-state index in [1.54, 1.807) is 36.6 Å². The van der Waals surface area contributed by atoms with E-state index in [1.807, 2.05) is 0 Å². The van der Waals surface area contributed by atoms with Crippen molar-refractivity contribution in [2.75, 3.05) is 18.5 Å². The lowest BCUT2D eigenvalue weighted by Crippen LogP contribution is -2.21. The predicted octanol–water partition coefficient (Wildman–Crippen LogP) is 2.63. The zero-order valence-corrected chi connectivity index (χ0v) is 15.6. The molecule has 0 fully saturated rings. The van der Waals surface area contributed by atoms with E-state index >= 15 is 0 Å². The minimum Gasteiger partial charge on any atom is -0.466 e. The monoisotopic (exact) mass is 396 g/mol. The summed E-state index contributed by atoms with van der Waals surface area (Å²) in [7, 11) is 0. The van der Waals surface area contributed by atoms with Crippen LogP contribution in [-0.4, -0.2) is 36.0 Å². The van der Waals surface area contributed by atoms with E-state index in [9.17, 15) is 14.4 Å². The number of hydrogen-bond donors (Lipinski definition) is 1. The SMILES string of the molecule is CCOC(=O)Cc1csc(NC(=O)COC(=O)Cc2ccccc2Cl)n1. The Bertz CT molecular complexity index is 793. The first-order chi connectivity index (χ1) is 12.5. The van der Waals surface area contributed by atoms with Crippen LogP contribution < -0.4 is 5.32 Å². The summed E-state index contributed by atoms with van der Waals surface area (Å²) in [5, 5.41) is 4.94. The largest absolute Gasteiger partial charge is 0.466 e. The number of anilines is 1. The highest BCUT2D eigenvalue weighted by atomic mass is 35.5. The number of aromatic nitrogens is 1. The number of halogens is 1. The lowest BCUT2D eigenvalue weighted by atomic mass is 10.1. The molecule has 1 aromatic heterocycles. The fourth-order valence-corrected chi connectivity index (χ4v) is 2.88. The van der Waals surface area contributed by atoms with Crippen molar-refractivity contribution in [2.45, 2.75) is 19.8 Å². The summed E-state index contributed by atoms with van der Waals surface area (Å²) in [6.07, 6.45) is 0.0148. The number of amides is 1. The van der Waals surface area contributed by atoms with Gasteiger partial charge < -0.3 is 9.47 Å². The van der Waals surface area contributed by atoms with Crippen LogP contribution in [0.1, 0.15) is 18.2 Å². The first-order valence-electron chi connectivity index (χ1n) is 7.76. The van der Waals surface area contributed by atoms with Crippen molar-refractivity contribution in [1.82, 2.24) is 4.98 Å². The Morgan fingerprint density at radius 2 is 1.88 bits per heavy atom. The standard InChI is InChI=1S/C17H17ClN2O5S/c1-2-24-16(23)8-12-10-26-17(19-12)20-14(21)9-25-15(22)7-11-5-3-4-6-13(11)18/h3-6,10H,2,7-9H2,1H3,(H,19,20,21). The smallest absolute Gasteiger partial charge is 0.311 e. The van der Waals surface area contributed by atoms with E-state index in [0.29, 0.717) is 28.0 Å². The van der Waals surface area contributed by atoms with Crippen LogP contribution in [0.15, 0.2) is 29.6 Å². The maximum atomic E-state index is 11.8. The van der Waals surface area contributed by atoms with Gasteiger partial charge in [0.15, 0.2) is 11.7 Å². The molecule has 1 amide bonds. The van der Waals surface area contributed by atoms with Gasteiger partial charge in [-0.15, -0.1) is 11.3 Å². The summed E-state index contributed by atoms with van der Waals surface area (Å²) in [4.78, 5) is 39.1. The van der Waals surface area contributed by atoms with Crippen LogP contribution in [0.2, 0.25) is 5.02 Å². The highest BCUT2D eigenvalue weighted by molar-refractivity contribution is 7.13. The molecule has 0 bridgehead atoms. The molecule has 0 saturated heterocycles. The molecule has 0 spiro atoms. The lowest BCUT2D eigenvalue weighted by Gasteiger charge is -2.06. The molecule has 1 heterocycles. The van der Waals surface area contributed by atoms with Crippen molar-refractivity contribution in [1.29, 1.82) is 0 Å². The summed E-state index contributed by atoms with van der Waals surface area (Å²) < 4.78 is 9.76. The fourth-order valence-electron chi connectivity index (χ4n) is 1.96. The van der Waals surface area contributed by atoms with Gasteiger partial charge in [-0.1, -0.05) is 29.8 Å².